The van der Waals surface area contributed by atoms with E-state index in [9.17, 15) is 4.79 Å². The van der Waals surface area contributed by atoms with E-state index < -0.39 is 0 Å². The third-order valence-corrected chi connectivity index (χ3v) is 4.07. The Kier molecular flexibility index (Phi) is 5.80. The monoisotopic (exact) mass is 325 g/mol. The van der Waals surface area contributed by atoms with E-state index in [4.69, 9.17) is 4.74 Å². The number of ether oxygens (including phenoxy) is 1. The molecule has 0 aliphatic carbocycles. The van der Waals surface area contributed by atoms with Crippen molar-refractivity contribution in [3.63, 3.8) is 0 Å². The Morgan fingerprint density at radius 3 is 2.96 bits per heavy atom. The third kappa shape index (κ3) is 4.80. The molecule has 1 aliphatic rings. The highest BCUT2D eigenvalue weighted by Gasteiger charge is 2.18. The molecule has 0 spiro atoms. The smallest absolute Gasteiger partial charge is 0.222 e. The maximum Gasteiger partial charge on any atom is 0.222 e. The number of benzene rings is 1. The lowest BCUT2D eigenvalue weighted by Gasteiger charge is -2.15. The van der Waals surface area contributed by atoms with Gasteiger partial charge in [0.15, 0.2) is 0 Å². The maximum absolute atomic E-state index is 11.5. The number of likely N-dealkylation sites (tertiary alicyclic amines) is 1. The zero-order valence-electron chi connectivity index (χ0n) is 13.8. The van der Waals surface area contributed by atoms with Crippen molar-refractivity contribution in [2.45, 2.75) is 26.0 Å². The summed E-state index contributed by atoms with van der Waals surface area (Å²) in [6.07, 6.45) is 3.47. The predicted octanol–water partition coefficient (Wildman–Crippen LogP) is 2.37. The Bertz CT molecular complexity index is 661. The van der Waals surface area contributed by atoms with Gasteiger partial charge in [-0.05, 0) is 36.2 Å². The van der Waals surface area contributed by atoms with Crippen LogP contribution in [0.25, 0.3) is 0 Å². The number of nitrogens with zero attached hydrogens (tertiary/aromatic N) is 2. The number of rotatable bonds is 8. The second kappa shape index (κ2) is 8.45. The molecule has 2 aromatic rings. The average Bonchev–Trinajstić information content (AvgIpc) is 3.03. The van der Waals surface area contributed by atoms with E-state index in [-0.39, 0.29) is 5.91 Å². The van der Waals surface area contributed by atoms with Crippen molar-refractivity contribution in [1.82, 2.24) is 15.2 Å². The molecule has 0 radical (unpaired) electrons. The maximum atomic E-state index is 11.5. The number of pyridine rings is 1. The zero-order chi connectivity index (χ0) is 16.6. The molecular formula is C19H23N3O2. The summed E-state index contributed by atoms with van der Waals surface area (Å²) in [7, 11) is 0. The van der Waals surface area contributed by atoms with Crippen molar-refractivity contribution in [2.75, 3.05) is 19.6 Å². The Hall–Kier alpha value is -2.40. The van der Waals surface area contributed by atoms with Crippen LogP contribution in [0.1, 0.15) is 24.1 Å². The van der Waals surface area contributed by atoms with Gasteiger partial charge >= 0.3 is 0 Å². The van der Waals surface area contributed by atoms with Crippen LogP contribution in [0.15, 0.2) is 48.7 Å². The van der Waals surface area contributed by atoms with Gasteiger partial charge in [0, 0.05) is 38.8 Å². The lowest BCUT2D eigenvalue weighted by atomic mass is 10.2. The fraction of sp³-hybridized carbons (Fsp3) is 0.368. The van der Waals surface area contributed by atoms with E-state index in [1.54, 1.807) is 6.20 Å². The molecule has 0 unspecified atom stereocenters. The van der Waals surface area contributed by atoms with Crippen LogP contribution in [0.4, 0.5) is 0 Å². The van der Waals surface area contributed by atoms with E-state index in [2.05, 4.69) is 16.4 Å². The van der Waals surface area contributed by atoms with Crippen LogP contribution < -0.4 is 10.1 Å². The summed E-state index contributed by atoms with van der Waals surface area (Å²) < 4.78 is 5.79. The number of amides is 1. The van der Waals surface area contributed by atoms with Crippen LogP contribution in [0.3, 0.4) is 0 Å². The van der Waals surface area contributed by atoms with E-state index >= 15 is 0 Å². The Morgan fingerprint density at radius 1 is 1.21 bits per heavy atom. The van der Waals surface area contributed by atoms with E-state index in [0.29, 0.717) is 13.0 Å². The molecule has 1 N–H and O–H groups in total. The Labute approximate surface area is 142 Å². The van der Waals surface area contributed by atoms with Gasteiger partial charge in [-0.1, -0.05) is 18.2 Å². The second-order valence-electron chi connectivity index (χ2n) is 5.92. The van der Waals surface area contributed by atoms with Gasteiger partial charge in [0.25, 0.3) is 0 Å². The van der Waals surface area contributed by atoms with Crippen LogP contribution in [0.5, 0.6) is 5.75 Å². The molecular weight excluding hydrogens is 302 g/mol. The summed E-state index contributed by atoms with van der Waals surface area (Å²) in [4.78, 5) is 17.7. The van der Waals surface area contributed by atoms with Gasteiger partial charge in [-0.25, -0.2) is 0 Å². The highest BCUT2D eigenvalue weighted by Crippen LogP contribution is 2.15. The molecule has 1 saturated heterocycles. The highest BCUT2D eigenvalue weighted by atomic mass is 16.5. The molecule has 1 aromatic heterocycles. The second-order valence-corrected chi connectivity index (χ2v) is 5.92. The van der Waals surface area contributed by atoms with Crippen LogP contribution in [-0.2, 0) is 17.9 Å². The van der Waals surface area contributed by atoms with E-state index in [1.165, 1.54) is 5.56 Å². The van der Waals surface area contributed by atoms with Gasteiger partial charge < -0.3 is 15.0 Å². The average molecular weight is 325 g/mol. The lowest BCUT2D eigenvalue weighted by molar-refractivity contribution is -0.127. The SMILES string of the molecule is O=C1CCCN1CCNCc1cccc(OCc2ccccn2)c1. The molecule has 1 aromatic carbocycles. The Balaban J connectivity index is 1.42. The minimum absolute atomic E-state index is 0.279. The van der Waals surface area contributed by atoms with Crippen LogP contribution >= 0.6 is 0 Å². The standard InChI is InChI=1S/C19H23N3O2/c23-19-8-4-11-22(19)12-10-20-14-16-5-3-7-18(13-16)24-15-17-6-1-2-9-21-17/h1-3,5-7,9,13,20H,4,8,10-12,14-15H2. The summed E-state index contributed by atoms with van der Waals surface area (Å²) in [5, 5.41) is 3.39. The van der Waals surface area contributed by atoms with Gasteiger partial charge in [0.2, 0.25) is 5.91 Å². The summed E-state index contributed by atoms with van der Waals surface area (Å²) in [6, 6.07) is 13.9. The fourth-order valence-electron chi connectivity index (χ4n) is 2.77. The van der Waals surface area contributed by atoms with Gasteiger partial charge in [-0.15, -0.1) is 0 Å². The van der Waals surface area contributed by atoms with Crippen molar-refractivity contribution < 1.29 is 9.53 Å². The quantitative estimate of drug-likeness (QED) is 0.757. The molecule has 1 aliphatic heterocycles. The minimum Gasteiger partial charge on any atom is -0.487 e. The number of nitrogens with one attached hydrogen (secondary N) is 1. The molecule has 0 atom stereocenters. The fourth-order valence-corrected chi connectivity index (χ4v) is 2.77. The molecule has 0 bridgehead atoms. The van der Waals surface area contributed by atoms with E-state index in [0.717, 1.165) is 44.0 Å². The molecule has 1 amide bonds. The van der Waals surface area contributed by atoms with Crippen molar-refractivity contribution in [2.24, 2.45) is 0 Å². The first-order valence-corrected chi connectivity index (χ1v) is 8.41. The Morgan fingerprint density at radius 2 is 2.17 bits per heavy atom. The molecule has 126 valence electrons. The van der Waals surface area contributed by atoms with Gasteiger partial charge in [-0.2, -0.15) is 0 Å². The number of aromatic nitrogens is 1. The molecule has 5 heteroatoms. The van der Waals surface area contributed by atoms with Gasteiger partial charge in [0.1, 0.15) is 12.4 Å². The predicted molar refractivity (Wildman–Crippen MR) is 92.5 cm³/mol. The molecule has 1 fully saturated rings. The van der Waals surface area contributed by atoms with Crippen molar-refractivity contribution in [1.29, 1.82) is 0 Å². The lowest BCUT2D eigenvalue weighted by Crippen LogP contribution is -2.32. The van der Waals surface area contributed by atoms with Crippen molar-refractivity contribution in [3.05, 3.63) is 59.9 Å². The molecule has 2 heterocycles. The molecule has 24 heavy (non-hydrogen) atoms. The number of hydrogen-bond acceptors (Lipinski definition) is 4. The third-order valence-electron chi connectivity index (χ3n) is 4.07. The molecule has 3 rings (SSSR count). The number of hydrogen-bond donors (Lipinski definition) is 1. The summed E-state index contributed by atoms with van der Waals surface area (Å²) in [5.74, 6) is 1.12. The zero-order valence-corrected chi connectivity index (χ0v) is 13.8. The van der Waals surface area contributed by atoms with Crippen LogP contribution in [0.2, 0.25) is 0 Å². The van der Waals surface area contributed by atoms with Gasteiger partial charge in [-0.3, -0.25) is 9.78 Å². The first kappa shape index (κ1) is 16.5. The first-order valence-electron chi connectivity index (χ1n) is 8.41. The normalized spacial score (nSPS) is 14.2. The highest BCUT2D eigenvalue weighted by molar-refractivity contribution is 5.78. The largest absolute Gasteiger partial charge is 0.487 e. The topological polar surface area (TPSA) is 54.5 Å². The first-order chi connectivity index (χ1) is 11.8. The molecule has 0 saturated carbocycles. The van der Waals surface area contributed by atoms with Crippen molar-refractivity contribution in [3.8, 4) is 5.75 Å². The summed E-state index contributed by atoms with van der Waals surface area (Å²) >= 11 is 0. The summed E-state index contributed by atoms with van der Waals surface area (Å²) in [6.45, 7) is 3.73. The molecule has 5 nitrogen and oxygen atoms in total. The summed E-state index contributed by atoms with van der Waals surface area (Å²) in [5.41, 5.74) is 2.08. The van der Waals surface area contributed by atoms with Crippen LogP contribution in [-0.4, -0.2) is 35.4 Å². The number of carbonyl (C=O) groups is 1. The van der Waals surface area contributed by atoms with Gasteiger partial charge in [0.05, 0.1) is 5.69 Å². The number of carbonyl (C=O) groups excluding carboxylic acids is 1. The van der Waals surface area contributed by atoms with Crippen molar-refractivity contribution >= 4 is 5.91 Å². The van der Waals surface area contributed by atoms with Crippen LogP contribution in [0, 0.1) is 0 Å². The van der Waals surface area contributed by atoms with E-state index in [1.807, 2.05) is 41.3 Å². The minimum atomic E-state index is 0.279.